The molecule has 0 fully saturated rings. The predicted octanol–water partition coefficient (Wildman–Crippen LogP) is 2.55. The lowest BCUT2D eigenvalue weighted by molar-refractivity contribution is -0.132. The first-order chi connectivity index (χ1) is 10.7. The van der Waals surface area contributed by atoms with Crippen molar-refractivity contribution in [2.45, 2.75) is 18.6 Å². The fourth-order valence-electron chi connectivity index (χ4n) is 2.02. The van der Waals surface area contributed by atoms with Crippen LogP contribution in [0.25, 0.3) is 0 Å². The average Bonchev–Trinajstić information content (AvgIpc) is 2.45. The lowest BCUT2D eigenvalue weighted by Crippen LogP contribution is -2.42. The maximum Gasteiger partial charge on any atom is 0.390 e. The van der Waals surface area contributed by atoms with Gasteiger partial charge in [0.1, 0.15) is 5.82 Å². The Morgan fingerprint density at radius 1 is 1.17 bits per heavy atom. The number of rotatable bonds is 6. The highest BCUT2D eigenvalue weighted by Gasteiger charge is 2.26. The van der Waals surface area contributed by atoms with Gasteiger partial charge in [0, 0.05) is 20.1 Å². The lowest BCUT2D eigenvalue weighted by Gasteiger charge is -2.26. The van der Waals surface area contributed by atoms with Gasteiger partial charge in [0.2, 0.25) is 0 Å². The molecule has 1 aromatic carbocycles. The number of hydrogen-bond donors (Lipinski definition) is 2. The maximum absolute atomic E-state index is 13.0. The molecule has 0 bridgehead atoms. The standard InChI is InChI=1S/C15H22F4N4/c1-20-14(21-9-8-15(17,18)19)22-10-13(23(2)3)11-4-6-12(16)7-5-11/h4-7,13H,8-10H2,1-3H3,(H2,20,21,22). The van der Waals surface area contributed by atoms with E-state index in [1.165, 1.54) is 19.2 Å². The summed E-state index contributed by atoms with van der Waals surface area (Å²) >= 11 is 0. The molecule has 0 aromatic heterocycles. The molecule has 8 heteroatoms. The lowest BCUT2D eigenvalue weighted by atomic mass is 10.1. The number of nitrogens with zero attached hydrogens (tertiary/aromatic N) is 2. The Bertz CT molecular complexity index is 497. The molecule has 2 N–H and O–H groups in total. The summed E-state index contributed by atoms with van der Waals surface area (Å²) < 4.78 is 49.4. The van der Waals surface area contributed by atoms with Crippen molar-refractivity contribution in [3.05, 3.63) is 35.6 Å². The van der Waals surface area contributed by atoms with E-state index in [0.29, 0.717) is 12.5 Å². The SMILES string of the molecule is CN=C(NCCC(F)(F)F)NCC(c1ccc(F)cc1)N(C)C. The Labute approximate surface area is 133 Å². The molecule has 4 nitrogen and oxygen atoms in total. The average molecular weight is 334 g/mol. The third kappa shape index (κ3) is 7.32. The molecule has 0 aliphatic carbocycles. The number of likely N-dealkylation sites (N-methyl/N-ethyl adjacent to an activating group) is 1. The van der Waals surface area contributed by atoms with Gasteiger partial charge in [-0.25, -0.2) is 4.39 Å². The molecule has 0 heterocycles. The van der Waals surface area contributed by atoms with Crippen molar-refractivity contribution in [3.8, 4) is 0 Å². The van der Waals surface area contributed by atoms with Gasteiger partial charge in [-0.2, -0.15) is 13.2 Å². The zero-order valence-corrected chi connectivity index (χ0v) is 13.4. The molecule has 0 radical (unpaired) electrons. The van der Waals surface area contributed by atoms with Gasteiger partial charge < -0.3 is 15.5 Å². The highest BCUT2D eigenvalue weighted by molar-refractivity contribution is 5.79. The van der Waals surface area contributed by atoms with Crippen LogP contribution in [0.3, 0.4) is 0 Å². The van der Waals surface area contributed by atoms with Crippen LogP contribution in [0.15, 0.2) is 29.3 Å². The third-order valence-corrected chi connectivity index (χ3v) is 3.27. The van der Waals surface area contributed by atoms with Gasteiger partial charge in [-0.15, -0.1) is 0 Å². The number of halogens is 4. The van der Waals surface area contributed by atoms with Gasteiger partial charge in [-0.1, -0.05) is 12.1 Å². The topological polar surface area (TPSA) is 39.7 Å². The van der Waals surface area contributed by atoms with Gasteiger partial charge in [0.05, 0.1) is 12.5 Å². The van der Waals surface area contributed by atoms with Crippen LogP contribution < -0.4 is 10.6 Å². The van der Waals surface area contributed by atoms with Crippen molar-refractivity contribution in [1.82, 2.24) is 15.5 Å². The molecule has 23 heavy (non-hydrogen) atoms. The van der Waals surface area contributed by atoms with Crippen LogP contribution in [0.2, 0.25) is 0 Å². The number of nitrogens with one attached hydrogen (secondary N) is 2. The van der Waals surface area contributed by atoms with E-state index in [1.807, 2.05) is 19.0 Å². The van der Waals surface area contributed by atoms with E-state index >= 15 is 0 Å². The summed E-state index contributed by atoms with van der Waals surface area (Å²) in [4.78, 5) is 5.83. The molecule has 1 aromatic rings. The summed E-state index contributed by atoms with van der Waals surface area (Å²) in [7, 11) is 5.23. The number of benzene rings is 1. The van der Waals surface area contributed by atoms with Crippen LogP contribution >= 0.6 is 0 Å². The molecule has 130 valence electrons. The molecule has 0 aliphatic heterocycles. The van der Waals surface area contributed by atoms with Gasteiger partial charge in [0.15, 0.2) is 5.96 Å². The van der Waals surface area contributed by atoms with Crippen LogP contribution in [-0.2, 0) is 0 Å². The molecule has 0 saturated heterocycles. The van der Waals surface area contributed by atoms with Gasteiger partial charge >= 0.3 is 6.18 Å². The van der Waals surface area contributed by atoms with Crippen molar-refractivity contribution >= 4 is 5.96 Å². The van der Waals surface area contributed by atoms with E-state index in [4.69, 9.17) is 0 Å². The fourth-order valence-corrected chi connectivity index (χ4v) is 2.02. The number of alkyl halides is 3. The van der Waals surface area contributed by atoms with Gasteiger partial charge in [-0.3, -0.25) is 4.99 Å². The molecule has 1 unspecified atom stereocenters. The zero-order valence-electron chi connectivity index (χ0n) is 13.4. The van der Waals surface area contributed by atoms with Gasteiger partial charge in [0.25, 0.3) is 0 Å². The quantitative estimate of drug-likeness (QED) is 0.477. The Hall–Kier alpha value is -1.83. The Kier molecular flexibility index (Phi) is 7.28. The summed E-state index contributed by atoms with van der Waals surface area (Å²) in [6, 6.07) is 6.05. The normalized spacial score (nSPS) is 14.0. The molecule has 1 atom stereocenters. The summed E-state index contributed by atoms with van der Waals surface area (Å²) in [6.07, 6.45) is -5.13. The number of guanidine groups is 1. The smallest absolute Gasteiger partial charge is 0.356 e. The molecule has 0 spiro atoms. The van der Waals surface area contributed by atoms with Gasteiger partial charge in [-0.05, 0) is 31.8 Å². The minimum absolute atomic E-state index is 0.0724. The summed E-state index contributed by atoms with van der Waals surface area (Å²) in [5, 5.41) is 5.61. The molecule has 0 saturated carbocycles. The van der Waals surface area contributed by atoms with E-state index in [1.54, 1.807) is 12.1 Å². The highest BCUT2D eigenvalue weighted by atomic mass is 19.4. The van der Waals surface area contributed by atoms with Crippen LogP contribution in [0.4, 0.5) is 17.6 Å². The molecule has 0 amide bonds. The Balaban J connectivity index is 2.58. The first kappa shape index (κ1) is 19.2. The van der Waals surface area contributed by atoms with Crippen LogP contribution in [-0.4, -0.2) is 51.3 Å². The molecular weight excluding hydrogens is 312 g/mol. The fraction of sp³-hybridized carbons (Fsp3) is 0.533. The largest absolute Gasteiger partial charge is 0.390 e. The summed E-state index contributed by atoms with van der Waals surface area (Å²) in [6.45, 7) is 0.177. The van der Waals surface area contributed by atoms with E-state index in [-0.39, 0.29) is 18.4 Å². The molecular formula is C15H22F4N4. The minimum atomic E-state index is -4.20. The van der Waals surface area contributed by atoms with E-state index in [9.17, 15) is 17.6 Å². The second kappa shape index (κ2) is 8.71. The van der Waals surface area contributed by atoms with E-state index in [2.05, 4.69) is 15.6 Å². The second-order valence-corrected chi connectivity index (χ2v) is 5.28. The van der Waals surface area contributed by atoms with Crippen molar-refractivity contribution in [2.24, 2.45) is 4.99 Å². The predicted molar refractivity (Wildman–Crippen MR) is 82.9 cm³/mol. The monoisotopic (exact) mass is 334 g/mol. The van der Waals surface area contributed by atoms with Crippen LogP contribution in [0.1, 0.15) is 18.0 Å². The summed E-state index contributed by atoms with van der Waals surface area (Å²) in [5.74, 6) is -0.0212. The first-order valence-corrected chi connectivity index (χ1v) is 7.16. The maximum atomic E-state index is 13.0. The number of aliphatic imine (C=N–C) groups is 1. The van der Waals surface area contributed by atoms with E-state index in [0.717, 1.165) is 5.56 Å². The highest BCUT2D eigenvalue weighted by Crippen LogP contribution is 2.19. The Morgan fingerprint density at radius 3 is 2.26 bits per heavy atom. The number of hydrogen-bond acceptors (Lipinski definition) is 2. The zero-order chi connectivity index (χ0) is 17.5. The van der Waals surface area contributed by atoms with Crippen LogP contribution in [0, 0.1) is 5.82 Å². The molecule has 1 rings (SSSR count). The second-order valence-electron chi connectivity index (χ2n) is 5.28. The Morgan fingerprint density at radius 2 is 1.78 bits per heavy atom. The van der Waals surface area contributed by atoms with Crippen LogP contribution in [0.5, 0.6) is 0 Å². The van der Waals surface area contributed by atoms with Crippen molar-refractivity contribution in [1.29, 1.82) is 0 Å². The first-order valence-electron chi connectivity index (χ1n) is 7.16. The van der Waals surface area contributed by atoms with Crippen molar-refractivity contribution in [3.63, 3.8) is 0 Å². The van der Waals surface area contributed by atoms with Crippen molar-refractivity contribution < 1.29 is 17.6 Å². The minimum Gasteiger partial charge on any atom is -0.356 e. The third-order valence-electron chi connectivity index (χ3n) is 3.27. The van der Waals surface area contributed by atoms with E-state index < -0.39 is 12.6 Å². The van der Waals surface area contributed by atoms with Crippen molar-refractivity contribution in [2.75, 3.05) is 34.2 Å². The molecule has 0 aliphatic rings. The summed E-state index contributed by atoms with van der Waals surface area (Å²) in [5.41, 5.74) is 0.898.